The molecule has 0 radical (unpaired) electrons. The maximum atomic E-state index is 4.57. The van der Waals surface area contributed by atoms with Crippen LogP contribution >= 0.6 is 15.9 Å². The van der Waals surface area contributed by atoms with Crippen molar-refractivity contribution in [1.82, 2.24) is 10.3 Å². The van der Waals surface area contributed by atoms with Crippen LogP contribution in [0.2, 0.25) is 0 Å². The second-order valence-electron chi connectivity index (χ2n) is 5.78. The number of nitrogens with one attached hydrogen (secondary N) is 1. The molecule has 0 spiro atoms. The standard InChI is InChI=1S/C17H29BrN2/c1-4-7-10-17(6-3,14-19-11-5-2)12-16-9-8-15(18)13-20-16/h8-9,13,19H,4-7,10-12,14H2,1-3H3. The molecular weight excluding hydrogens is 312 g/mol. The molecule has 1 atom stereocenters. The van der Waals surface area contributed by atoms with Crippen molar-refractivity contribution >= 4 is 15.9 Å². The van der Waals surface area contributed by atoms with Crippen LogP contribution < -0.4 is 5.32 Å². The van der Waals surface area contributed by atoms with Gasteiger partial charge in [-0.1, -0.05) is 33.6 Å². The largest absolute Gasteiger partial charge is 0.316 e. The minimum Gasteiger partial charge on any atom is -0.316 e. The van der Waals surface area contributed by atoms with Crippen molar-refractivity contribution in [3.05, 3.63) is 28.5 Å². The SMILES string of the molecule is CCCCC(CC)(CNCCC)Cc1ccc(Br)cn1. The van der Waals surface area contributed by atoms with E-state index in [0.717, 1.165) is 24.0 Å². The molecule has 0 aliphatic heterocycles. The van der Waals surface area contributed by atoms with Gasteiger partial charge < -0.3 is 5.32 Å². The highest BCUT2D eigenvalue weighted by Gasteiger charge is 2.28. The van der Waals surface area contributed by atoms with Crippen LogP contribution in [0.15, 0.2) is 22.8 Å². The van der Waals surface area contributed by atoms with E-state index < -0.39 is 0 Å². The van der Waals surface area contributed by atoms with Crippen molar-refractivity contribution in [3.63, 3.8) is 0 Å². The summed E-state index contributed by atoms with van der Waals surface area (Å²) in [7, 11) is 0. The third kappa shape index (κ3) is 5.92. The lowest BCUT2D eigenvalue weighted by Gasteiger charge is -2.33. The van der Waals surface area contributed by atoms with Crippen LogP contribution in [0.3, 0.4) is 0 Å². The third-order valence-corrected chi connectivity index (χ3v) is 4.55. The number of rotatable bonds is 10. The van der Waals surface area contributed by atoms with Crippen molar-refractivity contribution in [3.8, 4) is 0 Å². The van der Waals surface area contributed by atoms with Crippen LogP contribution in [0.1, 0.15) is 58.6 Å². The Balaban J connectivity index is 2.75. The van der Waals surface area contributed by atoms with Gasteiger partial charge in [0.15, 0.2) is 0 Å². The lowest BCUT2D eigenvalue weighted by molar-refractivity contribution is 0.227. The average Bonchev–Trinajstić information content (AvgIpc) is 2.47. The molecule has 0 saturated heterocycles. The number of hydrogen-bond donors (Lipinski definition) is 1. The van der Waals surface area contributed by atoms with Gasteiger partial charge in [-0.05, 0) is 65.7 Å². The van der Waals surface area contributed by atoms with Crippen LogP contribution in [-0.4, -0.2) is 18.1 Å². The molecule has 0 bridgehead atoms. The zero-order valence-corrected chi connectivity index (χ0v) is 14.8. The zero-order valence-electron chi connectivity index (χ0n) is 13.2. The van der Waals surface area contributed by atoms with Gasteiger partial charge in [-0.3, -0.25) is 4.98 Å². The van der Waals surface area contributed by atoms with Gasteiger partial charge in [0.2, 0.25) is 0 Å². The summed E-state index contributed by atoms with van der Waals surface area (Å²) < 4.78 is 1.06. The molecule has 1 aromatic rings. The number of nitrogens with zero attached hydrogens (tertiary/aromatic N) is 1. The lowest BCUT2D eigenvalue weighted by Crippen LogP contribution is -2.36. The minimum atomic E-state index is 0.353. The van der Waals surface area contributed by atoms with E-state index in [0.29, 0.717) is 5.41 Å². The fourth-order valence-corrected chi connectivity index (χ4v) is 2.88. The fourth-order valence-electron chi connectivity index (χ4n) is 2.64. The Kier molecular flexibility index (Phi) is 8.39. The summed E-state index contributed by atoms with van der Waals surface area (Å²) in [6.45, 7) is 9.04. The second-order valence-corrected chi connectivity index (χ2v) is 6.69. The first-order chi connectivity index (χ1) is 9.65. The molecule has 0 aromatic carbocycles. The van der Waals surface area contributed by atoms with E-state index in [1.807, 2.05) is 6.20 Å². The molecule has 2 nitrogen and oxygen atoms in total. The Bertz CT molecular complexity index is 364. The minimum absolute atomic E-state index is 0.353. The molecule has 20 heavy (non-hydrogen) atoms. The van der Waals surface area contributed by atoms with Gasteiger partial charge in [0.05, 0.1) is 0 Å². The highest BCUT2D eigenvalue weighted by molar-refractivity contribution is 9.10. The van der Waals surface area contributed by atoms with Crippen LogP contribution in [-0.2, 0) is 6.42 Å². The van der Waals surface area contributed by atoms with Crippen LogP contribution in [0.4, 0.5) is 0 Å². The fraction of sp³-hybridized carbons (Fsp3) is 0.706. The first-order valence-electron chi connectivity index (χ1n) is 7.97. The molecule has 0 amide bonds. The van der Waals surface area contributed by atoms with Crippen LogP contribution in [0, 0.1) is 5.41 Å². The van der Waals surface area contributed by atoms with E-state index in [-0.39, 0.29) is 0 Å². The Morgan fingerprint density at radius 3 is 2.55 bits per heavy atom. The number of aromatic nitrogens is 1. The van der Waals surface area contributed by atoms with Crippen molar-refractivity contribution in [1.29, 1.82) is 0 Å². The summed E-state index contributed by atoms with van der Waals surface area (Å²) in [4.78, 5) is 4.57. The summed E-state index contributed by atoms with van der Waals surface area (Å²) in [6, 6.07) is 4.25. The van der Waals surface area contributed by atoms with Gasteiger partial charge in [-0.2, -0.15) is 0 Å². The summed E-state index contributed by atoms with van der Waals surface area (Å²) in [5.74, 6) is 0. The van der Waals surface area contributed by atoms with E-state index in [2.05, 4.69) is 59.1 Å². The van der Waals surface area contributed by atoms with Crippen LogP contribution in [0.25, 0.3) is 0 Å². The summed E-state index contributed by atoms with van der Waals surface area (Å²) in [5.41, 5.74) is 1.57. The van der Waals surface area contributed by atoms with Gasteiger partial charge in [-0.25, -0.2) is 0 Å². The molecule has 0 aliphatic carbocycles. The number of pyridine rings is 1. The highest BCUT2D eigenvalue weighted by atomic mass is 79.9. The van der Waals surface area contributed by atoms with Crippen molar-refractivity contribution in [2.24, 2.45) is 5.41 Å². The highest BCUT2D eigenvalue weighted by Crippen LogP contribution is 2.32. The van der Waals surface area contributed by atoms with E-state index in [1.165, 1.54) is 37.8 Å². The Hall–Kier alpha value is -0.410. The molecule has 0 aliphatic rings. The van der Waals surface area contributed by atoms with E-state index >= 15 is 0 Å². The molecule has 0 saturated carbocycles. The van der Waals surface area contributed by atoms with Gasteiger partial charge in [0, 0.05) is 22.9 Å². The summed E-state index contributed by atoms with van der Waals surface area (Å²) in [6.07, 6.45) is 9.25. The Labute approximate surface area is 132 Å². The summed E-state index contributed by atoms with van der Waals surface area (Å²) in [5, 5.41) is 3.63. The van der Waals surface area contributed by atoms with E-state index in [1.54, 1.807) is 0 Å². The maximum Gasteiger partial charge on any atom is 0.0413 e. The van der Waals surface area contributed by atoms with Gasteiger partial charge in [-0.15, -0.1) is 0 Å². The molecule has 1 rings (SSSR count). The number of halogens is 1. The maximum absolute atomic E-state index is 4.57. The second kappa shape index (κ2) is 9.51. The quantitative estimate of drug-likeness (QED) is 0.608. The molecule has 0 fully saturated rings. The summed E-state index contributed by atoms with van der Waals surface area (Å²) >= 11 is 3.46. The average molecular weight is 341 g/mol. The number of hydrogen-bond acceptors (Lipinski definition) is 2. The Morgan fingerprint density at radius 2 is 2.00 bits per heavy atom. The molecule has 1 aromatic heterocycles. The molecule has 1 unspecified atom stereocenters. The molecule has 1 heterocycles. The lowest BCUT2D eigenvalue weighted by atomic mass is 9.76. The van der Waals surface area contributed by atoms with Gasteiger partial charge >= 0.3 is 0 Å². The molecular formula is C17H29BrN2. The molecule has 114 valence electrons. The zero-order chi connectivity index (χ0) is 14.8. The van der Waals surface area contributed by atoms with Crippen molar-refractivity contribution in [2.45, 2.75) is 59.3 Å². The van der Waals surface area contributed by atoms with Crippen molar-refractivity contribution < 1.29 is 0 Å². The predicted octanol–water partition coefficient (Wildman–Crippen LogP) is 4.97. The van der Waals surface area contributed by atoms with E-state index in [4.69, 9.17) is 0 Å². The van der Waals surface area contributed by atoms with E-state index in [9.17, 15) is 0 Å². The normalized spacial score (nSPS) is 14.2. The first kappa shape index (κ1) is 17.6. The third-order valence-electron chi connectivity index (χ3n) is 4.08. The van der Waals surface area contributed by atoms with Crippen molar-refractivity contribution in [2.75, 3.05) is 13.1 Å². The van der Waals surface area contributed by atoms with Gasteiger partial charge in [0.1, 0.15) is 0 Å². The monoisotopic (exact) mass is 340 g/mol. The Morgan fingerprint density at radius 1 is 1.20 bits per heavy atom. The van der Waals surface area contributed by atoms with Crippen LogP contribution in [0.5, 0.6) is 0 Å². The van der Waals surface area contributed by atoms with Gasteiger partial charge in [0.25, 0.3) is 0 Å². The first-order valence-corrected chi connectivity index (χ1v) is 8.76. The molecule has 3 heteroatoms. The molecule has 1 N–H and O–H groups in total. The topological polar surface area (TPSA) is 24.9 Å². The number of unbranched alkanes of at least 4 members (excludes halogenated alkanes) is 1. The smallest absolute Gasteiger partial charge is 0.0413 e. The predicted molar refractivity (Wildman–Crippen MR) is 91.1 cm³/mol.